The number of halogens is 1. The van der Waals surface area contributed by atoms with Crippen molar-refractivity contribution in [3.05, 3.63) is 58.8 Å². The molecule has 0 bridgehead atoms. The summed E-state index contributed by atoms with van der Waals surface area (Å²) >= 11 is 0. The molecule has 1 fully saturated rings. The van der Waals surface area contributed by atoms with Gasteiger partial charge in [-0.3, -0.25) is 9.36 Å². The molecule has 2 aromatic carbocycles. The highest BCUT2D eigenvalue weighted by molar-refractivity contribution is 5.92. The Morgan fingerprint density at radius 3 is 2.54 bits per heavy atom. The van der Waals surface area contributed by atoms with Gasteiger partial charge < -0.3 is 15.0 Å². The van der Waals surface area contributed by atoms with Crippen LogP contribution in [0.25, 0.3) is 11.0 Å². The maximum absolute atomic E-state index is 13.9. The van der Waals surface area contributed by atoms with E-state index >= 15 is 0 Å². The van der Waals surface area contributed by atoms with Crippen LogP contribution in [0.2, 0.25) is 0 Å². The number of anilines is 1. The Morgan fingerprint density at radius 2 is 1.86 bits per heavy atom. The van der Waals surface area contributed by atoms with Crippen LogP contribution in [0.4, 0.5) is 10.1 Å². The number of H-pyrrole nitrogens is 1. The lowest BCUT2D eigenvalue weighted by atomic mass is 9.85. The molecule has 0 spiro atoms. The van der Waals surface area contributed by atoms with Crippen molar-refractivity contribution in [1.29, 1.82) is 0 Å². The number of nitrogens with zero attached hydrogens (tertiary/aromatic N) is 1. The van der Waals surface area contributed by atoms with Gasteiger partial charge in [-0.25, -0.2) is 9.18 Å². The van der Waals surface area contributed by atoms with Crippen LogP contribution in [-0.4, -0.2) is 22.6 Å². The van der Waals surface area contributed by atoms with Gasteiger partial charge in [-0.2, -0.15) is 0 Å². The van der Waals surface area contributed by atoms with Gasteiger partial charge in [0.1, 0.15) is 17.1 Å². The van der Waals surface area contributed by atoms with E-state index in [1.807, 2.05) is 12.1 Å². The molecule has 3 aromatic rings. The highest BCUT2D eigenvalue weighted by atomic mass is 19.1. The monoisotopic (exact) mass is 383 g/mol. The predicted molar refractivity (Wildman–Crippen MR) is 105 cm³/mol. The average Bonchev–Trinajstić information content (AvgIpc) is 3.06. The fraction of sp³-hybridized carbons (Fsp3) is 0.333. The molecule has 146 valence electrons. The number of aromatic nitrogens is 2. The van der Waals surface area contributed by atoms with Gasteiger partial charge in [0, 0.05) is 17.6 Å². The number of rotatable bonds is 4. The van der Waals surface area contributed by atoms with Crippen molar-refractivity contribution in [1.82, 2.24) is 9.55 Å². The summed E-state index contributed by atoms with van der Waals surface area (Å²) in [5.74, 6) is 0.192. The number of carbonyl (C=O) groups excluding carboxylic acids is 1. The highest BCUT2D eigenvalue weighted by Gasteiger charge is 2.29. The van der Waals surface area contributed by atoms with E-state index in [4.69, 9.17) is 4.74 Å². The molecule has 1 amide bonds. The number of benzene rings is 2. The maximum Gasteiger partial charge on any atom is 0.326 e. The van der Waals surface area contributed by atoms with E-state index in [2.05, 4.69) is 10.3 Å². The number of hydrogen-bond acceptors (Lipinski definition) is 3. The average molecular weight is 383 g/mol. The molecular weight excluding hydrogens is 361 g/mol. The number of fused-ring (bicyclic) bond motifs is 1. The summed E-state index contributed by atoms with van der Waals surface area (Å²) in [6.45, 7) is 0. The van der Waals surface area contributed by atoms with Gasteiger partial charge in [0.05, 0.1) is 12.6 Å². The minimum absolute atomic E-state index is 0.0130. The van der Waals surface area contributed by atoms with Crippen LogP contribution in [0.15, 0.2) is 47.3 Å². The Kier molecular flexibility index (Phi) is 4.90. The molecule has 0 radical (unpaired) electrons. The first-order valence-corrected chi connectivity index (χ1v) is 9.40. The van der Waals surface area contributed by atoms with Gasteiger partial charge in [-0.15, -0.1) is 0 Å². The van der Waals surface area contributed by atoms with E-state index in [9.17, 15) is 14.0 Å². The second kappa shape index (κ2) is 7.50. The van der Waals surface area contributed by atoms with Crippen LogP contribution in [-0.2, 0) is 4.79 Å². The van der Waals surface area contributed by atoms with Crippen LogP contribution in [0.5, 0.6) is 5.75 Å². The molecule has 1 saturated carbocycles. The van der Waals surface area contributed by atoms with Crippen LogP contribution in [0.3, 0.4) is 0 Å². The number of carbonyl (C=O) groups is 1. The van der Waals surface area contributed by atoms with Crippen molar-refractivity contribution in [3.8, 4) is 5.75 Å². The van der Waals surface area contributed by atoms with Crippen LogP contribution >= 0.6 is 0 Å². The largest absolute Gasteiger partial charge is 0.497 e. The fourth-order valence-electron chi connectivity index (χ4n) is 3.99. The van der Waals surface area contributed by atoms with Gasteiger partial charge >= 0.3 is 5.69 Å². The molecule has 0 unspecified atom stereocenters. The summed E-state index contributed by atoms with van der Waals surface area (Å²) in [6.07, 6.45) is 2.76. The molecule has 4 rings (SSSR count). The molecule has 0 saturated heterocycles. The second-order valence-corrected chi connectivity index (χ2v) is 7.16. The van der Waals surface area contributed by atoms with Crippen molar-refractivity contribution in [3.63, 3.8) is 0 Å². The van der Waals surface area contributed by atoms with E-state index in [0.29, 0.717) is 31.2 Å². The van der Waals surface area contributed by atoms with E-state index in [1.54, 1.807) is 35.9 Å². The number of para-hydroxylation sites is 1. The standard InChI is InChI=1S/C21H22FN3O3/c1-28-16-11-7-14(8-12-16)23-20(26)13-5-9-15(10-6-13)25-18-4-2-3-17(22)19(18)24-21(25)27/h2-4,7-8,11-13,15H,5-6,9-10H2,1H3,(H,23,26)(H,24,27)/t13-,15+. The van der Waals surface area contributed by atoms with Crippen molar-refractivity contribution in [2.75, 3.05) is 12.4 Å². The number of amides is 1. The molecule has 1 aliphatic rings. The SMILES string of the molecule is COc1ccc(NC(=O)[C@H]2CC[C@@H](n3c(=O)[nH]c4c(F)cccc43)CC2)cc1. The third-order valence-corrected chi connectivity index (χ3v) is 5.49. The zero-order valence-electron chi connectivity index (χ0n) is 15.6. The molecule has 0 atom stereocenters. The summed E-state index contributed by atoms with van der Waals surface area (Å²) in [5, 5.41) is 2.94. The smallest absolute Gasteiger partial charge is 0.326 e. The number of imidazole rings is 1. The van der Waals surface area contributed by atoms with Crippen LogP contribution in [0, 0.1) is 11.7 Å². The molecule has 2 N–H and O–H groups in total. The Hall–Kier alpha value is -3.09. The molecular formula is C21H22FN3O3. The minimum atomic E-state index is -0.430. The molecule has 28 heavy (non-hydrogen) atoms. The molecule has 1 heterocycles. The van der Waals surface area contributed by atoms with E-state index in [0.717, 1.165) is 11.4 Å². The molecule has 7 heteroatoms. The lowest BCUT2D eigenvalue weighted by molar-refractivity contribution is -0.121. The first-order chi connectivity index (χ1) is 13.6. The number of nitrogens with one attached hydrogen (secondary N) is 2. The molecule has 6 nitrogen and oxygen atoms in total. The first-order valence-electron chi connectivity index (χ1n) is 9.40. The highest BCUT2D eigenvalue weighted by Crippen LogP contribution is 2.34. The lowest BCUT2D eigenvalue weighted by Crippen LogP contribution is -2.31. The number of ether oxygens (including phenoxy) is 1. The summed E-state index contributed by atoms with van der Waals surface area (Å²) in [6, 6.07) is 11.9. The van der Waals surface area contributed by atoms with Crippen molar-refractivity contribution >= 4 is 22.6 Å². The predicted octanol–water partition coefficient (Wildman–Crippen LogP) is 3.85. The molecule has 1 aliphatic carbocycles. The van der Waals surface area contributed by atoms with Crippen LogP contribution < -0.4 is 15.7 Å². The number of methoxy groups -OCH3 is 1. The first kappa shape index (κ1) is 18.3. The van der Waals surface area contributed by atoms with Crippen molar-refractivity contribution in [2.24, 2.45) is 5.92 Å². The van der Waals surface area contributed by atoms with Gasteiger partial charge in [0.2, 0.25) is 5.91 Å². The molecule has 1 aromatic heterocycles. The van der Waals surface area contributed by atoms with Gasteiger partial charge in [-0.05, 0) is 62.1 Å². The number of aromatic amines is 1. The van der Waals surface area contributed by atoms with Gasteiger partial charge in [0.15, 0.2) is 0 Å². The third kappa shape index (κ3) is 3.40. The topological polar surface area (TPSA) is 76.1 Å². The maximum atomic E-state index is 13.9. The minimum Gasteiger partial charge on any atom is -0.497 e. The summed E-state index contributed by atoms with van der Waals surface area (Å²) in [5.41, 5.74) is 1.26. The zero-order chi connectivity index (χ0) is 19.7. The Morgan fingerprint density at radius 1 is 1.14 bits per heavy atom. The Bertz CT molecular complexity index is 1050. The van der Waals surface area contributed by atoms with Crippen molar-refractivity contribution < 1.29 is 13.9 Å². The molecule has 0 aliphatic heterocycles. The summed E-state index contributed by atoms with van der Waals surface area (Å²) in [4.78, 5) is 27.5. The van der Waals surface area contributed by atoms with Gasteiger partial charge in [0.25, 0.3) is 0 Å². The Labute approximate surface area is 161 Å². The fourth-order valence-corrected chi connectivity index (χ4v) is 3.99. The van der Waals surface area contributed by atoms with Gasteiger partial charge in [-0.1, -0.05) is 6.07 Å². The van der Waals surface area contributed by atoms with Crippen molar-refractivity contribution in [2.45, 2.75) is 31.7 Å². The lowest BCUT2D eigenvalue weighted by Gasteiger charge is -2.28. The number of hydrogen-bond donors (Lipinski definition) is 2. The second-order valence-electron chi connectivity index (χ2n) is 7.16. The quantitative estimate of drug-likeness (QED) is 0.719. The third-order valence-electron chi connectivity index (χ3n) is 5.49. The van der Waals surface area contributed by atoms with E-state index < -0.39 is 5.82 Å². The van der Waals surface area contributed by atoms with E-state index in [1.165, 1.54) is 6.07 Å². The Balaban J connectivity index is 1.43. The summed E-state index contributed by atoms with van der Waals surface area (Å²) < 4.78 is 20.7. The van der Waals surface area contributed by atoms with E-state index in [-0.39, 0.29) is 29.1 Å². The zero-order valence-corrected chi connectivity index (χ0v) is 15.6. The normalized spacial score (nSPS) is 19.5. The van der Waals surface area contributed by atoms with Crippen LogP contribution in [0.1, 0.15) is 31.7 Å². The summed E-state index contributed by atoms with van der Waals surface area (Å²) in [7, 11) is 1.60.